The molecule has 0 unspecified atom stereocenters. The molecule has 3 rings (SSSR count). The van der Waals surface area contributed by atoms with Crippen LogP contribution in [0.2, 0.25) is 5.02 Å². The summed E-state index contributed by atoms with van der Waals surface area (Å²) in [6.45, 7) is 1.82. The van der Waals surface area contributed by atoms with Crippen molar-refractivity contribution < 1.29 is 13.2 Å². The second-order valence-electron chi connectivity index (χ2n) is 5.81. The molecule has 2 N–H and O–H groups in total. The van der Waals surface area contributed by atoms with E-state index in [0.29, 0.717) is 16.3 Å². The van der Waals surface area contributed by atoms with Gasteiger partial charge in [0.2, 0.25) is 10.0 Å². The van der Waals surface area contributed by atoms with Gasteiger partial charge in [-0.25, -0.2) is 13.1 Å². The van der Waals surface area contributed by atoms with Gasteiger partial charge in [-0.2, -0.15) is 0 Å². The molecule has 1 aliphatic rings. The normalized spacial score (nSPS) is 14.4. The monoisotopic (exact) mass is 364 g/mol. The molecular weight excluding hydrogens is 348 g/mol. The van der Waals surface area contributed by atoms with Crippen molar-refractivity contribution in [3.05, 3.63) is 58.6 Å². The van der Waals surface area contributed by atoms with Crippen molar-refractivity contribution in [1.29, 1.82) is 0 Å². The minimum Gasteiger partial charge on any atom is -0.322 e. The van der Waals surface area contributed by atoms with E-state index in [1.807, 2.05) is 13.0 Å². The van der Waals surface area contributed by atoms with Gasteiger partial charge in [0, 0.05) is 11.7 Å². The summed E-state index contributed by atoms with van der Waals surface area (Å²) in [5.41, 5.74) is 1.55. The van der Waals surface area contributed by atoms with Crippen molar-refractivity contribution in [3.8, 4) is 0 Å². The Kier molecular flexibility index (Phi) is 4.62. The summed E-state index contributed by atoms with van der Waals surface area (Å²) in [6.07, 6.45) is 1.73. The Balaban J connectivity index is 1.81. The smallest absolute Gasteiger partial charge is 0.257 e. The molecule has 0 bridgehead atoms. The highest BCUT2D eigenvalue weighted by molar-refractivity contribution is 7.89. The van der Waals surface area contributed by atoms with Crippen molar-refractivity contribution in [1.82, 2.24) is 4.72 Å². The van der Waals surface area contributed by atoms with E-state index in [2.05, 4.69) is 10.0 Å². The molecule has 0 aromatic heterocycles. The maximum Gasteiger partial charge on any atom is 0.257 e. The number of carbonyl (C=O) groups excluding carboxylic acids is 1. The Morgan fingerprint density at radius 2 is 1.88 bits per heavy atom. The number of benzene rings is 2. The highest BCUT2D eigenvalue weighted by Gasteiger charge is 2.28. The Hall–Kier alpha value is -1.89. The predicted molar refractivity (Wildman–Crippen MR) is 93.9 cm³/mol. The minimum atomic E-state index is -3.56. The van der Waals surface area contributed by atoms with Crippen LogP contribution in [0.1, 0.15) is 28.8 Å². The van der Waals surface area contributed by atoms with E-state index < -0.39 is 10.0 Å². The number of carbonyl (C=O) groups is 1. The van der Waals surface area contributed by atoms with Gasteiger partial charge >= 0.3 is 0 Å². The number of anilines is 1. The number of hydrogen-bond acceptors (Lipinski definition) is 3. The minimum absolute atomic E-state index is 0.0272. The number of aryl methyl sites for hydroxylation is 1. The molecular formula is C17H17ClN2O3S. The maximum absolute atomic E-state index is 12.4. The van der Waals surface area contributed by atoms with E-state index in [0.717, 1.165) is 18.4 Å². The fraction of sp³-hybridized carbons (Fsp3) is 0.235. The number of hydrogen-bond donors (Lipinski definition) is 2. The summed E-state index contributed by atoms with van der Waals surface area (Å²) >= 11 is 6.16. The Morgan fingerprint density at radius 1 is 1.17 bits per heavy atom. The number of amides is 1. The average Bonchev–Trinajstić information content (AvgIpc) is 3.33. The molecule has 24 heavy (non-hydrogen) atoms. The van der Waals surface area contributed by atoms with Crippen molar-refractivity contribution in [3.63, 3.8) is 0 Å². The van der Waals surface area contributed by atoms with E-state index in [1.165, 1.54) is 12.1 Å². The van der Waals surface area contributed by atoms with Crippen LogP contribution in [0.5, 0.6) is 0 Å². The molecule has 0 heterocycles. The van der Waals surface area contributed by atoms with Crippen LogP contribution < -0.4 is 10.0 Å². The van der Waals surface area contributed by atoms with Crippen LogP contribution in [0.3, 0.4) is 0 Å². The Bertz CT molecular complexity index is 892. The van der Waals surface area contributed by atoms with Crippen molar-refractivity contribution in [2.45, 2.75) is 30.7 Å². The first-order chi connectivity index (χ1) is 11.4. The van der Waals surface area contributed by atoms with E-state index >= 15 is 0 Å². The molecule has 0 aliphatic heterocycles. The van der Waals surface area contributed by atoms with Crippen molar-refractivity contribution in [2.24, 2.45) is 0 Å². The molecule has 0 radical (unpaired) electrons. The number of rotatable bonds is 5. The Morgan fingerprint density at radius 3 is 2.58 bits per heavy atom. The lowest BCUT2D eigenvalue weighted by atomic mass is 10.1. The third-order valence-corrected chi connectivity index (χ3v) is 5.76. The van der Waals surface area contributed by atoms with Crippen LogP contribution in [-0.2, 0) is 10.0 Å². The highest BCUT2D eigenvalue weighted by Crippen LogP contribution is 2.24. The summed E-state index contributed by atoms with van der Waals surface area (Å²) in [4.78, 5) is 12.5. The van der Waals surface area contributed by atoms with Crippen LogP contribution >= 0.6 is 11.6 Å². The van der Waals surface area contributed by atoms with Gasteiger partial charge in [-0.05, 0) is 49.6 Å². The van der Waals surface area contributed by atoms with Gasteiger partial charge in [-0.15, -0.1) is 0 Å². The number of sulfonamides is 1. The summed E-state index contributed by atoms with van der Waals surface area (Å²) in [6, 6.07) is 11.4. The van der Waals surface area contributed by atoms with Crippen LogP contribution in [0.15, 0.2) is 47.4 Å². The van der Waals surface area contributed by atoms with Crippen LogP contribution in [-0.4, -0.2) is 20.4 Å². The van der Waals surface area contributed by atoms with Gasteiger partial charge < -0.3 is 5.32 Å². The lowest BCUT2D eigenvalue weighted by Crippen LogP contribution is -2.25. The molecule has 0 atom stereocenters. The summed E-state index contributed by atoms with van der Waals surface area (Å²) in [7, 11) is -3.56. The molecule has 2 aromatic rings. The second kappa shape index (κ2) is 6.55. The first kappa shape index (κ1) is 17.0. The predicted octanol–water partition coefficient (Wildman–Crippen LogP) is 3.34. The molecule has 5 nitrogen and oxygen atoms in total. The summed E-state index contributed by atoms with van der Waals surface area (Å²) < 4.78 is 27.1. The largest absolute Gasteiger partial charge is 0.322 e. The molecule has 2 aromatic carbocycles. The molecule has 1 saturated carbocycles. The third-order valence-electron chi connectivity index (χ3n) is 3.74. The average molecular weight is 365 g/mol. The second-order valence-corrected chi connectivity index (χ2v) is 7.91. The first-order valence-corrected chi connectivity index (χ1v) is 9.42. The quantitative estimate of drug-likeness (QED) is 0.854. The van der Waals surface area contributed by atoms with Crippen LogP contribution in [0.25, 0.3) is 0 Å². The topological polar surface area (TPSA) is 75.3 Å². The molecule has 1 fully saturated rings. The SMILES string of the molecule is Cc1cccc(C(=O)Nc2cccc(S(=O)(=O)NC3CC3)c2)c1Cl. The van der Waals surface area contributed by atoms with Crippen LogP contribution in [0.4, 0.5) is 5.69 Å². The fourth-order valence-corrected chi connectivity index (χ4v) is 3.81. The van der Waals surface area contributed by atoms with Gasteiger partial charge in [0.25, 0.3) is 5.91 Å². The van der Waals surface area contributed by atoms with Gasteiger partial charge in [0.05, 0.1) is 15.5 Å². The Labute approximate surface area is 146 Å². The van der Waals surface area contributed by atoms with Gasteiger partial charge in [-0.3, -0.25) is 4.79 Å². The zero-order valence-corrected chi connectivity index (χ0v) is 14.6. The lowest BCUT2D eigenvalue weighted by Gasteiger charge is -2.10. The standard InChI is InChI=1S/C17H17ClN2O3S/c1-11-4-2-7-15(16(11)18)17(21)19-13-5-3-6-14(10-13)24(22,23)20-12-8-9-12/h2-7,10,12,20H,8-9H2,1H3,(H,19,21). The highest BCUT2D eigenvalue weighted by atomic mass is 35.5. The lowest BCUT2D eigenvalue weighted by molar-refractivity contribution is 0.102. The number of halogens is 1. The molecule has 0 saturated heterocycles. The van der Waals surface area contributed by atoms with E-state index in [4.69, 9.17) is 11.6 Å². The van der Waals surface area contributed by atoms with E-state index in [9.17, 15) is 13.2 Å². The third kappa shape index (κ3) is 3.77. The molecule has 126 valence electrons. The van der Waals surface area contributed by atoms with Gasteiger partial charge in [0.15, 0.2) is 0 Å². The zero-order chi connectivity index (χ0) is 17.3. The van der Waals surface area contributed by atoms with E-state index in [1.54, 1.807) is 24.3 Å². The van der Waals surface area contributed by atoms with Gasteiger partial charge in [-0.1, -0.05) is 29.8 Å². The van der Waals surface area contributed by atoms with Gasteiger partial charge in [0.1, 0.15) is 0 Å². The molecule has 0 spiro atoms. The van der Waals surface area contributed by atoms with Crippen molar-refractivity contribution in [2.75, 3.05) is 5.32 Å². The maximum atomic E-state index is 12.4. The molecule has 1 aliphatic carbocycles. The molecule has 7 heteroatoms. The fourth-order valence-electron chi connectivity index (χ4n) is 2.25. The van der Waals surface area contributed by atoms with E-state index in [-0.39, 0.29) is 16.8 Å². The summed E-state index contributed by atoms with van der Waals surface area (Å²) in [5.74, 6) is -0.381. The summed E-state index contributed by atoms with van der Waals surface area (Å²) in [5, 5.41) is 3.08. The van der Waals surface area contributed by atoms with Crippen molar-refractivity contribution >= 4 is 33.2 Å². The molecule has 1 amide bonds. The number of nitrogens with one attached hydrogen (secondary N) is 2. The first-order valence-electron chi connectivity index (χ1n) is 7.56. The zero-order valence-electron chi connectivity index (χ0n) is 13.0. The van der Waals surface area contributed by atoms with Crippen LogP contribution in [0, 0.1) is 6.92 Å².